The van der Waals surface area contributed by atoms with Crippen molar-refractivity contribution in [1.29, 1.82) is 0 Å². The number of rotatable bonds is 5. The first-order valence-corrected chi connectivity index (χ1v) is 9.73. The minimum absolute atomic E-state index is 0.110. The van der Waals surface area contributed by atoms with Gasteiger partial charge in [-0.05, 0) is 47.1 Å². The van der Waals surface area contributed by atoms with Crippen molar-refractivity contribution in [3.8, 4) is 5.69 Å². The van der Waals surface area contributed by atoms with Crippen molar-refractivity contribution in [3.05, 3.63) is 86.5 Å². The highest BCUT2D eigenvalue weighted by atomic mass is 79.9. The maximum atomic E-state index is 14.2. The molecule has 9 heteroatoms. The number of carbonyl (C=O) groups excluding carboxylic acids is 2. The molecular formula is C21H18BrFN4O3. The molecule has 0 saturated carbocycles. The molecule has 0 aliphatic rings. The normalized spacial score (nSPS) is 10.5. The first kappa shape index (κ1) is 21.4. The Morgan fingerprint density at radius 3 is 2.53 bits per heavy atom. The molecule has 0 atom stereocenters. The molecule has 0 saturated heterocycles. The first-order chi connectivity index (χ1) is 14.3. The van der Waals surface area contributed by atoms with E-state index in [4.69, 9.17) is 0 Å². The van der Waals surface area contributed by atoms with Crippen LogP contribution in [0, 0.1) is 12.7 Å². The Morgan fingerprint density at radius 1 is 1.17 bits per heavy atom. The molecule has 154 valence electrons. The van der Waals surface area contributed by atoms with Gasteiger partial charge in [0.15, 0.2) is 5.69 Å². The standard InChI is InChI=1S/C21H18BrFN4O3/c1-13-11-18(28)20(25-27(13)17-10-6-4-8-15(17)23)21(30)26(2)12-19(29)24-16-9-5-3-7-14(16)22/h3-11H,12H2,1-2H3,(H,24,29). The highest BCUT2D eigenvalue weighted by Gasteiger charge is 2.22. The zero-order valence-corrected chi connectivity index (χ0v) is 17.8. The second-order valence-corrected chi connectivity index (χ2v) is 7.41. The fourth-order valence-corrected chi connectivity index (χ4v) is 3.17. The van der Waals surface area contributed by atoms with E-state index in [0.717, 1.165) is 4.90 Å². The van der Waals surface area contributed by atoms with Crippen molar-refractivity contribution in [3.63, 3.8) is 0 Å². The smallest absolute Gasteiger partial charge is 0.278 e. The summed E-state index contributed by atoms with van der Waals surface area (Å²) in [6.07, 6.45) is 0. The second-order valence-electron chi connectivity index (χ2n) is 6.55. The number of anilines is 1. The molecule has 2 aromatic carbocycles. The van der Waals surface area contributed by atoms with Crippen LogP contribution in [0.4, 0.5) is 10.1 Å². The van der Waals surface area contributed by atoms with Gasteiger partial charge in [-0.3, -0.25) is 14.4 Å². The molecule has 0 aliphatic carbocycles. The fourth-order valence-electron chi connectivity index (χ4n) is 2.78. The molecule has 1 N–H and O–H groups in total. The van der Waals surface area contributed by atoms with E-state index in [9.17, 15) is 18.8 Å². The van der Waals surface area contributed by atoms with Crippen molar-refractivity contribution >= 4 is 33.4 Å². The van der Waals surface area contributed by atoms with Crippen LogP contribution in [0.2, 0.25) is 0 Å². The van der Waals surface area contributed by atoms with Gasteiger partial charge in [-0.2, -0.15) is 5.10 Å². The molecular weight excluding hydrogens is 455 g/mol. The summed E-state index contributed by atoms with van der Waals surface area (Å²) < 4.78 is 16.1. The van der Waals surface area contributed by atoms with E-state index >= 15 is 0 Å². The van der Waals surface area contributed by atoms with E-state index < -0.39 is 28.8 Å². The summed E-state index contributed by atoms with van der Waals surface area (Å²) in [5, 5.41) is 6.75. The Balaban J connectivity index is 1.83. The van der Waals surface area contributed by atoms with Crippen molar-refractivity contribution in [2.24, 2.45) is 0 Å². The van der Waals surface area contributed by atoms with Crippen LogP contribution in [0.3, 0.4) is 0 Å². The van der Waals surface area contributed by atoms with Crippen LogP contribution < -0.4 is 10.7 Å². The van der Waals surface area contributed by atoms with Crippen LogP contribution in [0.5, 0.6) is 0 Å². The summed E-state index contributed by atoms with van der Waals surface area (Å²) in [6.45, 7) is 1.29. The zero-order valence-electron chi connectivity index (χ0n) is 16.2. The van der Waals surface area contributed by atoms with Crippen molar-refractivity contribution < 1.29 is 14.0 Å². The van der Waals surface area contributed by atoms with Crippen LogP contribution in [0.25, 0.3) is 5.69 Å². The van der Waals surface area contributed by atoms with Gasteiger partial charge in [-0.1, -0.05) is 24.3 Å². The van der Waals surface area contributed by atoms with Gasteiger partial charge in [0.25, 0.3) is 5.91 Å². The maximum Gasteiger partial charge on any atom is 0.278 e. The number of likely N-dealkylation sites (N-methyl/N-ethyl adjacent to an activating group) is 1. The van der Waals surface area contributed by atoms with Gasteiger partial charge >= 0.3 is 0 Å². The van der Waals surface area contributed by atoms with E-state index in [0.29, 0.717) is 15.9 Å². The van der Waals surface area contributed by atoms with Crippen LogP contribution in [-0.4, -0.2) is 40.1 Å². The molecule has 1 heterocycles. The third-order valence-corrected chi connectivity index (χ3v) is 4.96. The van der Waals surface area contributed by atoms with Crippen LogP contribution in [0.15, 0.2) is 63.9 Å². The molecule has 7 nitrogen and oxygen atoms in total. The lowest BCUT2D eigenvalue weighted by molar-refractivity contribution is -0.116. The van der Waals surface area contributed by atoms with Gasteiger partial charge in [0, 0.05) is 23.3 Å². The summed E-state index contributed by atoms with van der Waals surface area (Å²) >= 11 is 3.33. The quantitative estimate of drug-likeness (QED) is 0.617. The molecule has 1 aromatic heterocycles. The Kier molecular flexibility index (Phi) is 6.41. The zero-order chi connectivity index (χ0) is 21.8. The monoisotopic (exact) mass is 472 g/mol. The highest BCUT2D eigenvalue weighted by Crippen LogP contribution is 2.21. The van der Waals surface area contributed by atoms with Crippen LogP contribution >= 0.6 is 15.9 Å². The van der Waals surface area contributed by atoms with Gasteiger partial charge in [0.1, 0.15) is 11.5 Å². The second kappa shape index (κ2) is 9.00. The number of para-hydroxylation sites is 2. The number of aryl methyl sites for hydroxylation is 1. The van der Waals surface area contributed by atoms with Gasteiger partial charge < -0.3 is 10.2 Å². The molecule has 0 aliphatic heterocycles. The lowest BCUT2D eigenvalue weighted by atomic mass is 10.2. The number of nitrogens with zero attached hydrogens (tertiary/aromatic N) is 3. The number of aromatic nitrogens is 2. The topological polar surface area (TPSA) is 84.3 Å². The predicted octanol–water partition coefficient (Wildman–Crippen LogP) is 3.15. The van der Waals surface area contributed by atoms with Crippen LogP contribution in [0.1, 0.15) is 16.2 Å². The minimum atomic E-state index is -0.743. The molecule has 2 amide bonds. The van der Waals surface area contributed by atoms with E-state index in [1.807, 2.05) is 0 Å². The molecule has 0 radical (unpaired) electrons. The Bertz CT molecular complexity index is 1180. The largest absolute Gasteiger partial charge is 0.331 e. The van der Waals surface area contributed by atoms with Gasteiger partial charge in [-0.25, -0.2) is 9.07 Å². The average molecular weight is 473 g/mol. The number of carbonyl (C=O) groups is 2. The molecule has 3 rings (SSSR count). The van der Waals surface area contributed by atoms with E-state index in [-0.39, 0.29) is 12.2 Å². The summed E-state index contributed by atoms with van der Waals surface area (Å²) in [4.78, 5) is 38.5. The fraction of sp³-hybridized carbons (Fsp3) is 0.143. The number of hydrogen-bond donors (Lipinski definition) is 1. The van der Waals surface area contributed by atoms with Gasteiger partial charge in [0.2, 0.25) is 11.3 Å². The molecule has 0 fully saturated rings. The Hall–Kier alpha value is -3.33. The summed E-state index contributed by atoms with van der Waals surface area (Å²) in [5.74, 6) is -1.73. The van der Waals surface area contributed by atoms with Crippen LogP contribution in [-0.2, 0) is 4.79 Å². The Morgan fingerprint density at radius 2 is 1.83 bits per heavy atom. The molecule has 0 unspecified atom stereocenters. The third kappa shape index (κ3) is 4.62. The number of benzene rings is 2. The first-order valence-electron chi connectivity index (χ1n) is 8.93. The third-order valence-electron chi connectivity index (χ3n) is 4.27. The maximum absolute atomic E-state index is 14.2. The highest BCUT2D eigenvalue weighted by molar-refractivity contribution is 9.10. The average Bonchev–Trinajstić information content (AvgIpc) is 2.70. The molecule has 0 bridgehead atoms. The molecule has 3 aromatic rings. The van der Waals surface area contributed by atoms with Gasteiger partial charge in [0.05, 0.1) is 12.2 Å². The van der Waals surface area contributed by atoms with Gasteiger partial charge in [-0.15, -0.1) is 0 Å². The lowest BCUT2D eigenvalue weighted by Crippen LogP contribution is -2.38. The number of amides is 2. The SMILES string of the molecule is Cc1cc(=O)c(C(=O)N(C)CC(=O)Nc2ccccc2Br)nn1-c1ccccc1F. The van der Waals surface area contributed by atoms with Crippen molar-refractivity contribution in [2.75, 3.05) is 18.9 Å². The predicted molar refractivity (Wildman–Crippen MR) is 114 cm³/mol. The van der Waals surface area contributed by atoms with E-state index in [1.54, 1.807) is 37.3 Å². The molecule has 0 spiro atoms. The number of nitrogens with one attached hydrogen (secondary N) is 1. The van der Waals surface area contributed by atoms with E-state index in [1.165, 1.54) is 36.0 Å². The van der Waals surface area contributed by atoms with Crippen molar-refractivity contribution in [1.82, 2.24) is 14.7 Å². The summed E-state index contributed by atoms with van der Waals surface area (Å²) in [6, 6.07) is 14.1. The number of hydrogen-bond acceptors (Lipinski definition) is 4. The molecule has 30 heavy (non-hydrogen) atoms. The lowest BCUT2D eigenvalue weighted by Gasteiger charge is -2.18. The Labute approximate surface area is 180 Å². The minimum Gasteiger partial charge on any atom is -0.331 e. The van der Waals surface area contributed by atoms with E-state index in [2.05, 4.69) is 26.3 Å². The summed E-state index contributed by atoms with van der Waals surface area (Å²) in [7, 11) is 1.39. The van der Waals surface area contributed by atoms with Crippen molar-refractivity contribution in [2.45, 2.75) is 6.92 Å². The summed E-state index contributed by atoms with van der Waals surface area (Å²) in [5.41, 5.74) is 0.0243. The number of halogens is 2.